The van der Waals surface area contributed by atoms with E-state index in [-0.39, 0.29) is 0 Å². The average Bonchev–Trinajstić information content (AvgIpc) is 2.80. The van der Waals surface area contributed by atoms with E-state index < -0.39 is 0 Å². The Morgan fingerprint density at radius 2 is 2.00 bits per heavy atom. The molecule has 90 valence electrons. The third-order valence-electron chi connectivity index (χ3n) is 2.52. The lowest BCUT2D eigenvalue weighted by atomic mass is 10.1. The zero-order valence-corrected chi connectivity index (χ0v) is 10.0. The van der Waals surface area contributed by atoms with Crippen LogP contribution in [0.5, 0.6) is 0 Å². The van der Waals surface area contributed by atoms with Gasteiger partial charge in [0.2, 0.25) is 5.82 Å². The summed E-state index contributed by atoms with van der Waals surface area (Å²) in [6.07, 6.45) is 1.90. The lowest BCUT2D eigenvalue weighted by molar-refractivity contribution is 0.515. The van der Waals surface area contributed by atoms with E-state index in [0.29, 0.717) is 12.4 Å². The van der Waals surface area contributed by atoms with Crippen LogP contribution < -0.4 is 5.73 Å². The van der Waals surface area contributed by atoms with Gasteiger partial charge < -0.3 is 5.73 Å². The smallest absolute Gasteiger partial charge is 0.204 e. The molecule has 0 unspecified atom stereocenters. The molecule has 0 saturated carbocycles. The minimum atomic E-state index is 0.671. The summed E-state index contributed by atoms with van der Waals surface area (Å²) in [7, 11) is 0. The van der Waals surface area contributed by atoms with Crippen molar-refractivity contribution in [2.75, 3.05) is 6.54 Å². The Balaban J connectivity index is 2.15. The molecule has 5 nitrogen and oxygen atoms in total. The minimum Gasteiger partial charge on any atom is -0.330 e. The van der Waals surface area contributed by atoms with E-state index in [4.69, 9.17) is 5.73 Å². The molecule has 0 aliphatic rings. The predicted molar refractivity (Wildman–Crippen MR) is 66.3 cm³/mol. The highest BCUT2D eigenvalue weighted by molar-refractivity contribution is 5.54. The van der Waals surface area contributed by atoms with Gasteiger partial charge in [-0.3, -0.25) is 0 Å². The number of rotatable bonds is 5. The van der Waals surface area contributed by atoms with Crippen molar-refractivity contribution >= 4 is 0 Å². The maximum absolute atomic E-state index is 5.51. The van der Waals surface area contributed by atoms with Crippen molar-refractivity contribution in [2.24, 2.45) is 5.73 Å². The highest BCUT2D eigenvalue weighted by Crippen LogP contribution is 2.14. The van der Waals surface area contributed by atoms with Gasteiger partial charge in [-0.2, -0.15) is 4.80 Å². The Morgan fingerprint density at radius 1 is 1.24 bits per heavy atom. The molecule has 1 heterocycles. The number of hydrogen-bond donors (Lipinski definition) is 1. The molecule has 0 fully saturated rings. The molecule has 1 aromatic carbocycles. The van der Waals surface area contributed by atoms with Crippen LogP contribution in [0.1, 0.15) is 18.9 Å². The first kappa shape index (κ1) is 11.7. The van der Waals surface area contributed by atoms with Crippen molar-refractivity contribution in [2.45, 2.75) is 26.3 Å². The molecule has 0 bridgehead atoms. The fourth-order valence-corrected chi connectivity index (χ4v) is 1.64. The van der Waals surface area contributed by atoms with Crippen LogP contribution in [-0.4, -0.2) is 26.8 Å². The first-order valence-corrected chi connectivity index (χ1v) is 5.90. The second kappa shape index (κ2) is 5.54. The van der Waals surface area contributed by atoms with Crippen molar-refractivity contribution in [3.05, 3.63) is 29.8 Å². The van der Waals surface area contributed by atoms with E-state index in [0.717, 1.165) is 24.9 Å². The van der Waals surface area contributed by atoms with Crippen LogP contribution in [0.3, 0.4) is 0 Å². The molecule has 0 amide bonds. The van der Waals surface area contributed by atoms with E-state index in [9.17, 15) is 0 Å². The summed E-state index contributed by atoms with van der Waals surface area (Å²) < 4.78 is 0. The molecule has 1 aromatic heterocycles. The third-order valence-corrected chi connectivity index (χ3v) is 2.52. The second-order valence-electron chi connectivity index (χ2n) is 3.94. The Labute approximate surface area is 101 Å². The predicted octanol–water partition coefficient (Wildman–Crippen LogP) is 1.25. The van der Waals surface area contributed by atoms with Gasteiger partial charge in [-0.1, -0.05) is 31.2 Å². The Morgan fingerprint density at radius 3 is 2.65 bits per heavy atom. The first-order chi connectivity index (χ1) is 8.33. The van der Waals surface area contributed by atoms with Crippen molar-refractivity contribution in [3.63, 3.8) is 0 Å². The molecular formula is C12H17N5. The highest BCUT2D eigenvalue weighted by atomic mass is 15.6. The summed E-state index contributed by atoms with van der Waals surface area (Å²) in [4.78, 5) is 1.63. The number of nitrogens with two attached hydrogens (primary N) is 1. The Kier molecular flexibility index (Phi) is 3.82. The second-order valence-corrected chi connectivity index (χ2v) is 3.94. The summed E-state index contributed by atoms with van der Waals surface area (Å²) in [5.41, 5.74) is 7.74. The van der Waals surface area contributed by atoms with Crippen molar-refractivity contribution in [1.29, 1.82) is 0 Å². The van der Waals surface area contributed by atoms with Crippen LogP contribution in [0.2, 0.25) is 0 Å². The molecule has 0 aliphatic heterocycles. The Hall–Kier alpha value is -1.75. The Bertz CT molecular complexity index is 460. The fraction of sp³-hybridized carbons (Fsp3) is 0.417. The van der Waals surface area contributed by atoms with Gasteiger partial charge in [-0.25, -0.2) is 0 Å². The topological polar surface area (TPSA) is 69.6 Å². The van der Waals surface area contributed by atoms with E-state index in [2.05, 4.69) is 34.5 Å². The average molecular weight is 231 g/mol. The maximum atomic E-state index is 5.51. The maximum Gasteiger partial charge on any atom is 0.204 e. The zero-order chi connectivity index (χ0) is 12.1. The number of aryl methyl sites for hydroxylation is 1. The lowest BCUT2D eigenvalue weighted by Gasteiger charge is -1.99. The standard InChI is InChI=1S/C12H17N5/c1-2-9-17-15-12(14-16-17)11-5-3-10(4-6-11)7-8-13/h3-6H,2,7-9,13H2,1H3. The molecule has 0 saturated heterocycles. The highest BCUT2D eigenvalue weighted by Gasteiger charge is 2.04. The van der Waals surface area contributed by atoms with Crippen LogP contribution >= 0.6 is 0 Å². The normalized spacial score (nSPS) is 10.7. The lowest BCUT2D eigenvalue weighted by Crippen LogP contribution is -2.02. The molecule has 2 rings (SSSR count). The van der Waals surface area contributed by atoms with Crippen molar-refractivity contribution in [3.8, 4) is 11.4 Å². The first-order valence-electron chi connectivity index (χ1n) is 5.90. The third kappa shape index (κ3) is 2.88. The van der Waals surface area contributed by atoms with Gasteiger partial charge in [0.05, 0.1) is 6.54 Å². The largest absolute Gasteiger partial charge is 0.330 e. The summed E-state index contributed by atoms with van der Waals surface area (Å²) in [6.45, 7) is 3.56. The number of benzene rings is 1. The van der Waals surface area contributed by atoms with Crippen molar-refractivity contribution < 1.29 is 0 Å². The van der Waals surface area contributed by atoms with E-state index in [1.807, 2.05) is 12.1 Å². The summed E-state index contributed by atoms with van der Waals surface area (Å²) in [6, 6.07) is 8.14. The minimum absolute atomic E-state index is 0.671. The van der Waals surface area contributed by atoms with Crippen LogP contribution in [0.25, 0.3) is 11.4 Å². The van der Waals surface area contributed by atoms with E-state index in [1.165, 1.54) is 5.56 Å². The van der Waals surface area contributed by atoms with Gasteiger partial charge in [-0.05, 0) is 30.2 Å². The molecule has 0 spiro atoms. The van der Waals surface area contributed by atoms with Crippen LogP contribution in [0.4, 0.5) is 0 Å². The SMILES string of the molecule is CCCn1nnc(-c2ccc(CCN)cc2)n1. The fourth-order valence-electron chi connectivity index (χ4n) is 1.64. The summed E-state index contributed by atoms with van der Waals surface area (Å²) >= 11 is 0. The molecular weight excluding hydrogens is 214 g/mol. The van der Waals surface area contributed by atoms with Gasteiger partial charge in [0.15, 0.2) is 0 Å². The molecule has 2 aromatic rings. The number of aromatic nitrogens is 4. The van der Waals surface area contributed by atoms with Gasteiger partial charge in [-0.15, -0.1) is 10.2 Å². The van der Waals surface area contributed by atoms with Crippen LogP contribution in [0.15, 0.2) is 24.3 Å². The van der Waals surface area contributed by atoms with E-state index in [1.54, 1.807) is 4.80 Å². The number of hydrogen-bond acceptors (Lipinski definition) is 4. The van der Waals surface area contributed by atoms with Crippen LogP contribution in [-0.2, 0) is 13.0 Å². The van der Waals surface area contributed by atoms with Gasteiger partial charge >= 0.3 is 0 Å². The number of nitrogens with zero attached hydrogens (tertiary/aromatic N) is 4. The van der Waals surface area contributed by atoms with Gasteiger partial charge in [0.25, 0.3) is 0 Å². The van der Waals surface area contributed by atoms with Gasteiger partial charge in [0.1, 0.15) is 0 Å². The zero-order valence-electron chi connectivity index (χ0n) is 10.0. The van der Waals surface area contributed by atoms with Crippen LogP contribution in [0, 0.1) is 0 Å². The van der Waals surface area contributed by atoms with E-state index >= 15 is 0 Å². The van der Waals surface area contributed by atoms with Crippen molar-refractivity contribution in [1.82, 2.24) is 20.2 Å². The molecule has 5 heteroatoms. The molecule has 2 N–H and O–H groups in total. The monoisotopic (exact) mass is 231 g/mol. The number of tetrazole rings is 1. The molecule has 0 aliphatic carbocycles. The quantitative estimate of drug-likeness (QED) is 0.840. The summed E-state index contributed by atoms with van der Waals surface area (Å²) in [5, 5.41) is 12.4. The molecule has 17 heavy (non-hydrogen) atoms. The molecule has 0 radical (unpaired) electrons. The van der Waals surface area contributed by atoms with Gasteiger partial charge in [0, 0.05) is 5.56 Å². The summed E-state index contributed by atoms with van der Waals surface area (Å²) in [5.74, 6) is 0.678. The molecule has 0 atom stereocenters.